The minimum absolute atomic E-state index is 0.0219. The Morgan fingerprint density at radius 3 is 2.96 bits per heavy atom. The van der Waals surface area contributed by atoms with Gasteiger partial charge in [0.25, 0.3) is 0 Å². The predicted molar refractivity (Wildman–Crippen MR) is 99.2 cm³/mol. The zero-order valence-electron chi connectivity index (χ0n) is 14.9. The first-order chi connectivity index (χ1) is 12.5. The summed E-state index contributed by atoms with van der Waals surface area (Å²) in [5, 5.41) is 20.9. The number of carbonyl (C=O) groups is 1. The summed E-state index contributed by atoms with van der Waals surface area (Å²) in [6.45, 7) is 7.87. The number of nitrogens with one attached hydrogen (secondary N) is 1. The van der Waals surface area contributed by atoms with Gasteiger partial charge in [-0.3, -0.25) is 9.36 Å². The van der Waals surface area contributed by atoms with Gasteiger partial charge in [-0.1, -0.05) is 30.4 Å². The van der Waals surface area contributed by atoms with Gasteiger partial charge in [-0.2, -0.15) is 0 Å². The maximum Gasteiger partial charge on any atom is 0.236 e. The highest BCUT2D eigenvalue weighted by molar-refractivity contribution is 6.07. The number of hydrogen-bond donors (Lipinski definition) is 2. The van der Waals surface area contributed by atoms with E-state index in [0.29, 0.717) is 19.5 Å². The lowest BCUT2D eigenvalue weighted by Crippen LogP contribution is -2.38. The van der Waals surface area contributed by atoms with Crippen molar-refractivity contribution in [1.82, 2.24) is 14.8 Å². The van der Waals surface area contributed by atoms with Crippen LogP contribution in [0.2, 0.25) is 0 Å². The number of fused-ring (bicyclic) bond motifs is 2. The van der Waals surface area contributed by atoms with Crippen molar-refractivity contribution in [3.63, 3.8) is 0 Å². The highest BCUT2D eigenvalue weighted by Crippen LogP contribution is 2.44. The highest BCUT2D eigenvalue weighted by atomic mass is 16.3. The number of nitrogens with zero attached hydrogens (tertiary/aromatic N) is 4. The predicted octanol–water partition coefficient (Wildman–Crippen LogP) is 1.49. The van der Waals surface area contributed by atoms with Crippen molar-refractivity contribution in [2.75, 3.05) is 29.9 Å². The quantitative estimate of drug-likeness (QED) is 0.796. The SMILES string of the molecule is C=C(C)Cn1c(CCO)nnc1N1CCC2(C1)C(=O)Nc1ccccc12. The summed E-state index contributed by atoms with van der Waals surface area (Å²) >= 11 is 0. The maximum absolute atomic E-state index is 12.8. The number of hydrogen-bond acceptors (Lipinski definition) is 5. The number of aliphatic hydroxyl groups excluding tert-OH is 1. The second-order valence-electron chi connectivity index (χ2n) is 7.19. The molecule has 136 valence electrons. The maximum atomic E-state index is 12.8. The van der Waals surface area contributed by atoms with Crippen molar-refractivity contribution in [2.45, 2.75) is 31.7 Å². The molecule has 4 rings (SSSR count). The third-order valence-electron chi connectivity index (χ3n) is 5.25. The molecule has 2 aromatic rings. The van der Waals surface area contributed by atoms with Crippen LogP contribution < -0.4 is 10.2 Å². The third kappa shape index (κ3) is 2.50. The Bertz CT molecular complexity index is 875. The van der Waals surface area contributed by atoms with Gasteiger partial charge in [0.1, 0.15) is 5.82 Å². The first-order valence-corrected chi connectivity index (χ1v) is 8.88. The van der Waals surface area contributed by atoms with Crippen LogP contribution in [0.25, 0.3) is 0 Å². The number of benzene rings is 1. The van der Waals surface area contributed by atoms with Gasteiger partial charge in [0.15, 0.2) is 0 Å². The first-order valence-electron chi connectivity index (χ1n) is 8.88. The molecule has 1 spiro atoms. The van der Waals surface area contributed by atoms with Gasteiger partial charge in [-0.05, 0) is 25.0 Å². The van der Waals surface area contributed by atoms with Crippen LogP contribution in [0.1, 0.15) is 24.7 Å². The second kappa shape index (κ2) is 6.25. The minimum Gasteiger partial charge on any atom is -0.396 e. The van der Waals surface area contributed by atoms with Crippen molar-refractivity contribution in [1.29, 1.82) is 0 Å². The monoisotopic (exact) mass is 353 g/mol. The normalized spacial score (nSPS) is 21.3. The summed E-state index contributed by atoms with van der Waals surface area (Å²) in [6.07, 6.45) is 1.19. The van der Waals surface area contributed by atoms with Gasteiger partial charge in [0.05, 0.1) is 12.0 Å². The Balaban J connectivity index is 1.68. The Hall–Kier alpha value is -2.67. The molecule has 1 aromatic heterocycles. The number of anilines is 2. The van der Waals surface area contributed by atoms with Crippen LogP contribution in [0.5, 0.6) is 0 Å². The topological polar surface area (TPSA) is 83.3 Å². The number of allylic oxidation sites excluding steroid dienone is 1. The molecule has 1 saturated heterocycles. The molecule has 1 aromatic carbocycles. The number of aromatic nitrogens is 3. The number of rotatable bonds is 5. The fraction of sp³-hybridized carbons (Fsp3) is 0.421. The zero-order valence-corrected chi connectivity index (χ0v) is 14.9. The van der Waals surface area contributed by atoms with E-state index < -0.39 is 5.41 Å². The lowest BCUT2D eigenvalue weighted by Gasteiger charge is -2.23. The van der Waals surface area contributed by atoms with Gasteiger partial charge in [-0.15, -0.1) is 10.2 Å². The van der Waals surface area contributed by atoms with E-state index in [4.69, 9.17) is 0 Å². The number of amides is 1. The van der Waals surface area contributed by atoms with Crippen molar-refractivity contribution in [3.8, 4) is 0 Å². The van der Waals surface area contributed by atoms with Gasteiger partial charge >= 0.3 is 0 Å². The summed E-state index contributed by atoms with van der Waals surface area (Å²) < 4.78 is 2.00. The van der Waals surface area contributed by atoms with Gasteiger partial charge in [0, 0.05) is 31.7 Å². The molecular weight excluding hydrogens is 330 g/mol. The molecule has 0 aliphatic carbocycles. The lowest BCUT2D eigenvalue weighted by atomic mass is 9.81. The van der Waals surface area contributed by atoms with Crippen molar-refractivity contribution < 1.29 is 9.90 Å². The van der Waals surface area contributed by atoms with Crippen molar-refractivity contribution in [2.24, 2.45) is 0 Å². The molecule has 1 amide bonds. The Kier molecular flexibility index (Phi) is 4.03. The van der Waals surface area contributed by atoms with Crippen LogP contribution in [-0.2, 0) is 23.2 Å². The summed E-state index contributed by atoms with van der Waals surface area (Å²) in [7, 11) is 0. The number of carbonyl (C=O) groups excluding carboxylic acids is 1. The van der Waals surface area contributed by atoms with E-state index in [1.807, 2.05) is 35.8 Å². The van der Waals surface area contributed by atoms with Gasteiger partial charge in [-0.25, -0.2) is 0 Å². The molecule has 2 aliphatic rings. The van der Waals surface area contributed by atoms with E-state index in [-0.39, 0.29) is 12.5 Å². The zero-order chi connectivity index (χ0) is 18.3. The average molecular weight is 353 g/mol. The van der Waals surface area contributed by atoms with Crippen LogP contribution in [-0.4, -0.2) is 45.5 Å². The van der Waals surface area contributed by atoms with Gasteiger partial charge < -0.3 is 15.3 Å². The van der Waals surface area contributed by atoms with Crippen LogP contribution in [0.3, 0.4) is 0 Å². The molecule has 1 atom stereocenters. The fourth-order valence-electron chi connectivity index (χ4n) is 4.04. The molecule has 1 unspecified atom stereocenters. The minimum atomic E-state index is -0.534. The van der Waals surface area contributed by atoms with E-state index >= 15 is 0 Å². The fourth-order valence-corrected chi connectivity index (χ4v) is 4.04. The molecule has 26 heavy (non-hydrogen) atoms. The molecule has 7 nitrogen and oxygen atoms in total. The molecule has 0 saturated carbocycles. The van der Waals surface area contributed by atoms with E-state index in [2.05, 4.69) is 27.0 Å². The van der Waals surface area contributed by atoms with E-state index in [1.165, 1.54) is 0 Å². The summed E-state index contributed by atoms with van der Waals surface area (Å²) in [5.74, 6) is 1.54. The summed E-state index contributed by atoms with van der Waals surface area (Å²) in [5.41, 5.74) is 2.43. The molecule has 1 fully saturated rings. The van der Waals surface area contributed by atoms with E-state index in [0.717, 1.165) is 41.6 Å². The van der Waals surface area contributed by atoms with Crippen LogP contribution in [0.4, 0.5) is 11.6 Å². The van der Waals surface area contributed by atoms with Crippen LogP contribution >= 0.6 is 0 Å². The summed E-state index contributed by atoms with van der Waals surface area (Å²) in [4.78, 5) is 14.9. The molecular formula is C19H23N5O2. The van der Waals surface area contributed by atoms with Crippen LogP contribution in [0, 0.1) is 0 Å². The Morgan fingerprint density at radius 1 is 1.38 bits per heavy atom. The molecule has 3 heterocycles. The first kappa shape index (κ1) is 16.8. The summed E-state index contributed by atoms with van der Waals surface area (Å²) in [6, 6.07) is 7.90. The van der Waals surface area contributed by atoms with E-state index in [9.17, 15) is 9.90 Å². The largest absolute Gasteiger partial charge is 0.396 e. The van der Waals surface area contributed by atoms with Gasteiger partial charge in [0.2, 0.25) is 11.9 Å². The lowest BCUT2D eigenvalue weighted by molar-refractivity contribution is -0.120. The number of aliphatic hydroxyl groups is 1. The third-order valence-corrected chi connectivity index (χ3v) is 5.25. The molecule has 0 bridgehead atoms. The molecule has 7 heteroatoms. The molecule has 2 aliphatic heterocycles. The van der Waals surface area contributed by atoms with Crippen LogP contribution in [0.15, 0.2) is 36.4 Å². The van der Waals surface area contributed by atoms with Crippen molar-refractivity contribution >= 4 is 17.5 Å². The smallest absolute Gasteiger partial charge is 0.236 e. The van der Waals surface area contributed by atoms with Crippen molar-refractivity contribution in [3.05, 3.63) is 47.8 Å². The molecule has 2 N–H and O–H groups in total. The number of para-hydroxylation sites is 1. The Labute approximate surface area is 152 Å². The second-order valence-corrected chi connectivity index (χ2v) is 7.19. The Morgan fingerprint density at radius 2 is 2.19 bits per heavy atom. The standard InChI is InChI=1S/C19H23N5O2/c1-13(2)11-24-16(7-10-25)21-22-18(24)23-9-8-19(12-23)14-5-3-4-6-15(14)20-17(19)26/h3-6,25H,1,7-12H2,2H3,(H,20,26). The van der Waals surface area contributed by atoms with E-state index in [1.54, 1.807) is 0 Å². The average Bonchev–Trinajstić information content (AvgIpc) is 3.28. The molecule has 0 radical (unpaired) electrons. The highest BCUT2D eigenvalue weighted by Gasteiger charge is 2.51.